The van der Waals surface area contributed by atoms with Crippen molar-refractivity contribution >= 4 is 17.6 Å². The molecule has 1 aliphatic heterocycles. The van der Waals surface area contributed by atoms with E-state index in [0.717, 1.165) is 11.3 Å². The zero-order valence-corrected chi connectivity index (χ0v) is 18.5. The van der Waals surface area contributed by atoms with Crippen molar-refractivity contribution in [2.45, 2.75) is 33.2 Å². The molecule has 32 heavy (non-hydrogen) atoms. The predicted molar refractivity (Wildman–Crippen MR) is 120 cm³/mol. The van der Waals surface area contributed by atoms with E-state index in [1.54, 1.807) is 34.3 Å². The topological polar surface area (TPSA) is 107 Å². The third kappa shape index (κ3) is 4.61. The van der Waals surface area contributed by atoms with Crippen LogP contribution in [-0.2, 0) is 0 Å². The van der Waals surface area contributed by atoms with Gasteiger partial charge >= 0.3 is 6.03 Å². The number of aryl methyl sites for hydroxylation is 3. The van der Waals surface area contributed by atoms with Gasteiger partial charge in [-0.1, -0.05) is 6.07 Å². The number of benzene rings is 1. The van der Waals surface area contributed by atoms with Crippen molar-refractivity contribution in [1.82, 2.24) is 30.0 Å². The van der Waals surface area contributed by atoms with Crippen LogP contribution in [0.4, 0.5) is 10.5 Å². The van der Waals surface area contributed by atoms with Crippen molar-refractivity contribution in [2.75, 3.05) is 25.0 Å². The molecule has 1 aliphatic rings. The minimum Gasteiger partial charge on any atom is -0.326 e. The molecule has 1 saturated heterocycles. The van der Waals surface area contributed by atoms with E-state index in [2.05, 4.69) is 25.5 Å². The first-order valence-corrected chi connectivity index (χ1v) is 10.7. The van der Waals surface area contributed by atoms with Crippen LogP contribution in [0.25, 0.3) is 0 Å². The van der Waals surface area contributed by atoms with Gasteiger partial charge in [-0.15, -0.1) is 0 Å². The van der Waals surface area contributed by atoms with Gasteiger partial charge in [0.25, 0.3) is 5.91 Å². The average molecular weight is 434 g/mol. The average Bonchev–Trinajstić information content (AvgIpc) is 3.10. The number of nitrogens with one attached hydrogen (secondary N) is 2. The van der Waals surface area contributed by atoms with Gasteiger partial charge in [-0.05, 0) is 62.6 Å². The van der Waals surface area contributed by atoms with Crippen LogP contribution in [0, 0.1) is 20.8 Å². The molecule has 3 heterocycles. The number of H-pyrrole nitrogens is 1. The second-order valence-corrected chi connectivity index (χ2v) is 8.06. The second-order valence-electron chi connectivity index (χ2n) is 8.06. The quantitative estimate of drug-likeness (QED) is 0.659. The Balaban J connectivity index is 1.58. The lowest BCUT2D eigenvalue weighted by molar-refractivity contribution is 0.0671. The molecule has 0 bridgehead atoms. The van der Waals surface area contributed by atoms with Crippen LogP contribution >= 0.6 is 0 Å². The molecule has 9 heteroatoms. The lowest BCUT2D eigenvalue weighted by Crippen LogP contribution is -2.42. The molecule has 166 valence electrons. The Labute approximate surface area is 186 Å². The number of aromatic nitrogens is 4. The number of nitrogens with zero attached hydrogens (tertiary/aromatic N) is 5. The first-order chi connectivity index (χ1) is 15.4. The van der Waals surface area contributed by atoms with Crippen LogP contribution in [0.15, 0.2) is 42.7 Å². The van der Waals surface area contributed by atoms with Crippen LogP contribution in [0.3, 0.4) is 0 Å². The van der Waals surface area contributed by atoms with E-state index >= 15 is 0 Å². The molecule has 3 amide bonds. The Morgan fingerprint density at radius 3 is 2.53 bits per heavy atom. The molecule has 1 unspecified atom stereocenters. The minimum atomic E-state index is -0.464. The normalized spacial score (nSPS) is 16.5. The summed E-state index contributed by atoms with van der Waals surface area (Å²) in [5.74, 6) is 1.03. The summed E-state index contributed by atoms with van der Waals surface area (Å²) in [4.78, 5) is 38.3. The summed E-state index contributed by atoms with van der Waals surface area (Å²) in [5, 5.41) is 10.1. The Morgan fingerprint density at radius 2 is 1.84 bits per heavy atom. The van der Waals surface area contributed by atoms with E-state index in [4.69, 9.17) is 0 Å². The maximum absolute atomic E-state index is 13.3. The molecule has 3 aromatic rings. The summed E-state index contributed by atoms with van der Waals surface area (Å²) in [6, 6.07) is 8.56. The second kappa shape index (κ2) is 9.17. The number of aromatic amines is 1. The van der Waals surface area contributed by atoms with Crippen LogP contribution in [0.1, 0.15) is 45.6 Å². The molecule has 0 saturated carbocycles. The van der Waals surface area contributed by atoms with Crippen LogP contribution in [0.2, 0.25) is 0 Å². The largest absolute Gasteiger partial charge is 0.326 e. The Hall–Kier alpha value is -3.75. The fraction of sp³-hybridized carbons (Fsp3) is 0.348. The van der Waals surface area contributed by atoms with E-state index in [-0.39, 0.29) is 11.9 Å². The Morgan fingerprint density at radius 1 is 1.06 bits per heavy atom. The summed E-state index contributed by atoms with van der Waals surface area (Å²) in [5.41, 5.74) is 3.58. The number of hydrogen-bond acceptors (Lipinski definition) is 5. The Bertz CT molecular complexity index is 1110. The molecular weight excluding hydrogens is 406 g/mol. The molecule has 0 aliphatic carbocycles. The third-order valence-electron chi connectivity index (χ3n) is 5.74. The molecule has 1 atom stereocenters. The minimum absolute atomic E-state index is 0.128. The van der Waals surface area contributed by atoms with Crippen molar-refractivity contribution in [1.29, 1.82) is 0 Å². The number of pyridine rings is 1. The molecule has 1 fully saturated rings. The highest BCUT2D eigenvalue weighted by Crippen LogP contribution is 2.25. The van der Waals surface area contributed by atoms with Gasteiger partial charge < -0.3 is 15.1 Å². The number of carbonyl (C=O) groups excluding carboxylic acids is 2. The summed E-state index contributed by atoms with van der Waals surface area (Å²) >= 11 is 0. The van der Waals surface area contributed by atoms with E-state index in [9.17, 15) is 9.59 Å². The van der Waals surface area contributed by atoms with Crippen molar-refractivity contribution < 1.29 is 9.59 Å². The van der Waals surface area contributed by atoms with Crippen LogP contribution in [-0.4, -0.2) is 61.5 Å². The number of amides is 3. The smallest absolute Gasteiger partial charge is 0.321 e. The predicted octanol–water partition coefficient (Wildman–Crippen LogP) is 3.25. The lowest BCUT2D eigenvalue weighted by atomic mass is 10.1. The van der Waals surface area contributed by atoms with Gasteiger partial charge in [0.2, 0.25) is 0 Å². The number of anilines is 1. The molecule has 9 nitrogen and oxygen atoms in total. The van der Waals surface area contributed by atoms with Crippen LogP contribution < -0.4 is 5.32 Å². The highest BCUT2D eigenvalue weighted by Gasteiger charge is 2.34. The maximum atomic E-state index is 13.3. The molecule has 4 rings (SSSR count). The van der Waals surface area contributed by atoms with Gasteiger partial charge in [-0.2, -0.15) is 5.10 Å². The van der Waals surface area contributed by atoms with E-state index < -0.39 is 6.04 Å². The number of hydrogen-bond donors (Lipinski definition) is 2. The highest BCUT2D eigenvalue weighted by molar-refractivity contribution is 5.94. The fourth-order valence-corrected chi connectivity index (χ4v) is 3.83. The van der Waals surface area contributed by atoms with Gasteiger partial charge in [0.1, 0.15) is 11.9 Å². The standard InChI is InChI=1S/C23H27N7O2/c1-15-5-6-19(13-16(15)2)26-23(32)29-11-4-12-30(22(31)18-7-9-24-10-8-18)20(14-29)21-25-17(3)27-28-21/h5-10,13,20H,4,11-12,14H2,1-3H3,(H,26,32)(H,25,27,28). The lowest BCUT2D eigenvalue weighted by Gasteiger charge is -2.30. The molecule has 2 N–H and O–H groups in total. The van der Waals surface area contributed by atoms with Crippen molar-refractivity contribution in [3.05, 3.63) is 71.1 Å². The summed E-state index contributed by atoms with van der Waals surface area (Å²) in [7, 11) is 0. The van der Waals surface area contributed by atoms with Gasteiger partial charge in [0.05, 0.1) is 6.54 Å². The van der Waals surface area contributed by atoms with Gasteiger partial charge in [-0.25, -0.2) is 9.78 Å². The van der Waals surface area contributed by atoms with Gasteiger partial charge in [-0.3, -0.25) is 14.9 Å². The van der Waals surface area contributed by atoms with Gasteiger partial charge in [0, 0.05) is 36.7 Å². The van der Waals surface area contributed by atoms with Gasteiger partial charge in [0.15, 0.2) is 5.82 Å². The third-order valence-corrected chi connectivity index (χ3v) is 5.74. The highest BCUT2D eigenvalue weighted by atomic mass is 16.2. The first-order valence-electron chi connectivity index (χ1n) is 10.7. The van der Waals surface area contributed by atoms with E-state index in [0.29, 0.717) is 43.3 Å². The Kier molecular flexibility index (Phi) is 6.16. The molecule has 2 aromatic heterocycles. The van der Waals surface area contributed by atoms with E-state index in [1.165, 1.54) is 5.56 Å². The molecule has 0 radical (unpaired) electrons. The number of rotatable bonds is 3. The molecule has 0 spiro atoms. The zero-order chi connectivity index (χ0) is 22.7. The summed E-state index contributed by atoms with van der Waals surface area (Å²) in [6.07, 6.45) is 3.84. The summed E-state index contributed by atoms with van der Waals surface area (Å²) in [6.45, 7) is 7.18. The van der Waals surface area contributed by atoms with Crippen molar-refractivity contribution in [3.8, 4) is 0 Å². The first kappa shape index (κ1) is 21.5. The maximum Gasteiger partial charge on any atom is 0.321 e. The number of carbonyl (C=O) groups is 2. The monoisotopic (exact) mass is 433 g/mol. The zero-order valence-electron chi connectivity index (χ0n) is 18.5. The summed E-state index contributed by atoms with van der Waals surface area (Å²) < 4.78 is 0. The number of urea groups is 1. The SMILES string of the molecule is Cc1nc(C2CN(C(=O)Nc3ccc(C)c(C)c3)CCCN2C(=O)c2ccncc2)n[nH]1. The van der Waals surface area contributed by atoms with Crippen LogP contribution in [0.5, 0.6) is 0 Å². The molecular formula is C23H27N7O2. The fourth-order valence-electron chi connectivity index (χ4n) is 3.83. The van der Waals surface area contributed by atoms with Crippen molar-refractivity contribution in [2.24, 2.45) is 0 Å². The molecule has 1 aromatic carbocycles. The van der Waals surface area contributed by atoms with Crippen molar-refractivity contribution in [3.63, 3.8) is 0 Å². The van der Waals surface area contributed by atoms with E-state index in [1.807, 2.05) is 39.0 Å².